The maximum absolute atomic E-state index is 12.3. The fraction of sp³-hybridized carbons (Fsp3) is 0.263. The molecule has 0 unspecified atom stereocenters. The van der Waals surface area contributed by atoms with E-state index in [-0.39, 0.29) is 12.3 Å². The van der Waals surface area contributed by atoms with Crippen LogP contribution in [0.15, 0.2) is 47.5 Å². The lowest BCUT2D eigenvalue weighted by molar-refractivity contribution is -0.117. The van der Waals surface area contributed by atoms with Crippen LogP contribution in [0.25, 0.3) is 10.2 Å². The molecule has 0 aliphatic carbocycles. The summed E-state index contributed by atoms with van der Waals surface area (Å²) in [7, 11) is 3.52. The molecule has 6 heteroatoms. The fourth-order valence-corrected chi connectivity index (χ4v) is 3.66. The van der Waals surface area contributed by atoms with Gasteiger partial charge in [-0.2, -0.15) is 4.99 Å². The lowest BCUT2D eigenvalue weighted by Gasteiger charge is -2.05. The number of nitrogens with zero attached hydrogens (tertiary/aromatic N) is 2. The number of aromatic nitrogens is 1. The first-order chi connectivity index (χ1) is 12.1. The molecule has 0 saturated heterocycles. The Kier molecular flexibility index (Phi) is 5.19. The van der Waals surface area contributed by atoms with Crippen LogP contribution in [0.4, 0.5) is 0 Å². The van der Waals surface area contributed by atoms with E-state index >= 15 is 0 Å². The summed E-state index contributed by atoms with van der Waals surface area (Å²) in [6.45, 7) is 2.55. The van der Waals surface area contributed by atoms with E-state index in [0.717, 1.165) is 27.3 Å². The molecular formula is C19H20N2O3S. The van der Waals surface area contributed by atoms with Gasteiger partial charge in [0.15, 0.2) is 4.80 Å². The standard InChI is InChI=1S/C19H20N2O3S/c1-4-24-15-6-5-7-16-18(15)21(2)19(25-16)20-17(22)12-13-8-10-14(23-3)11-9-13/h5-11H,4,12H2,1-3H3. The van der Waals surface area contributed by atoms with E-state index in [9.17, 15) is 4.79 Å². The Morgan fingerprint density at radius 2 is 1.96 bits per heavy atom. The Morgan fingerprint density at radius 3 is 2.64 bits per heavy atom. The Hall–Kier alpha value is -2.60. The van der Waals surface area contributed by atoms with Crippen LogP contribution in [0.1, 0.15) is 12.5 Å². The minimum atomic E-state index is -0.176. The summed E-state index contributed by atoms with van der Waals surface area (Å²) in [6.07, 6.45) is 0.260. The van der Waals surface area contributed by atoms with E-state index < -0.39 is 0 Å². The second-order valence-corrected chi connectivity index (χ2v) is 6.52. The average Bonchev–Trinajstić information content (AvgIpc) is 2.92. The summed E-state index contributed by atoms with van der Waals surface area (Å²) in [5.74, 6) is 1.40. The second-order valence-electron chi connectivity index (χ2n) is 5.51. The van der Waals surface area contributed by atoms with Crippen LogP contribution < -0.4 is 14.3 Å². The number of thiazole rings is 1. The summed E-state index contributed by atoms with van der Waals surface area (Å²) in [4.78, 5) is 17.3. The Balaban J connectivity index is 1.90. The van der Waals surface area contributed by atoms with E-state index in [2.05, 4.69) is 4.99 Å². The number of carbonyl (C=O) groups is 1. The molecular weight excluding hydrogens is 336 g/mol. The van der Waals surface area contributed by atoms with Gasteiger partial charge in [0.05, 0.1) is 24.8 Å². The first-order valence-corrected chi connectivity index (χ1v) is 8.86. The molecule has 2 aromatic carbocycles. The molecule has 5 nitrogen and oxygen atoms in total. The SMILES string of the molecule is CCOc1cccc2sc(=NC(=O)Cc3ccc(OC)cc3)n(C)c12. The average molecular weight is 356 g/mol. The summed E-state index contributed by atoms with van der Waals surface area (Å²) in [5.41, 5.74) is 1.87. The van der Waals surface area contributed by atoms with Crippen molar-refractivity contribution in [2.45, 2.75) is 13.3 Å². The predicted octanol–water partition coefficient (Wildman–Crippen LogP) is 3.32. The zero-order valence-electron chi connectivity index (χ0n) is 14.5. The molecule has 3 aromatic rings. The maximum atomic E-state index is 12.3. The highest BCUT2D eigenvalue weighted by molar-refractivity contribution is 7.16. The molecule has 1 heterocycles. The quantitative estimate of drug-likeness (QED) is 0.705. The van der Waals surface area contributed by atoms with Gasteiger partial charge < -0.3 is 14.0 Å². The molecule has 0 N–H and O–H groups in total. The molecule has 0 atom stereocenters. The van der Waals surface area contributed by atoms with Crippen molar-refractivity contribution in [3.63, 3.8) is 0 Å². The maximum Gasteiger partial charge on any atom is 0.252 e. The third-order valence-corrected chi connectivity index (χ3v) is 4.92. The molecule has 1 aromatic heterocycles. The largest absolute Gasteiger partial charge is 0.497 e. The van der Waals surface area contributed by atoms with Crippen molar-refractivity contribution in [2.75, 3.05) is 13.7 Å². The number of benzene rings is 2. The molecule has 0 radical (unpaired) electrons. The monoisotopic (exact) mass is 356 g/mol. The first kappa shape index (κ1) is 17.2. The molecule has 130 valence electrons. The Bertz CT molecular complexity index is 955. The molecule has 0 spiro atoms. The van der Waals surface area contributed by atoms with Crippen molar-refractivity contribution >= 4 is 27.5 Å². The number of ether oxygens (including phenoxy) is 2. The van der Waals surface area contributed by atoms with Gasteiger partial charge in [-0.15, -0.1) is 0 Å². The van der Waals surface area contributed by atoms with E-state index in [1.807, 2.05) is 61.0 Å². The van der Waals surface area contributed by atoms with Crippen LogP contribution in [0, 0.1) is 0 Å². The van der Waals surface area contributed by atoms with E-state index in [4.69, 9.17) is 9.47 Å². The normalized spacial score (nSPS) is 11.7. The number of para-hydroxylation sites is 1. The van der Waals surface area contributed by atoms with Crippen molar-refractivity contribution < 1.29 is 14.3 Å². The van der Waals surface area contributed by atoms with Gasteiger partial charge in [-0.1, -0.05) is 29.5 Å². The highest BCUT2D eigenvalue weighted by Gasteiger charge is 2.10. The zero-order valence-corrected chi connectivity index (χ0v) is 15.3. The fourth-order valence-electron chi connectivity index (χ4n) is 2.61. The van der Waals surface area contributed by atoms with E-state index in [0.29, 0.717) is 11.4 Å². The van der Waals surface area contributed by atoms with Gasteiger partial charge in [0.1, 0.15) is 17.0 Å². The van der Waals surface area contributed by atoms with Gasteiger partial charge >= 0.3 is 0 Å². The van der Waals surface area contributed by atoms with Gasteiger partial charge in [0.2, 0.25) is 0 Å². The van der Waals surface area contributed by atoms with Crippen molar-refractivity contribution in [1.29, 1.82) is 0 Å². The molecule has 3 rings (SSSR count). The summed E-state index contributed by atoms with van der Waals surface area (Å²) in [5, 5.41) is 0. The molecule has 0 bridgehead atoms. The van der Waals surface area contributed by atoms with Gasteiger partial charge in [0.25, 0.3) is 5.91 Å². The summed E-state index contributed by atoms with van der Waals surface area (Å²) < 4.78 is 13.8. The van der Waals surface area contributed by atoms with E-state index in [1.54, 1.807) is 7.11 Å². The highest BCUT2D eigenvalue weighted by atomic mass is 32.1. The van der Waals surface area contributed by atoms with Gasteiger partial charge in [-0.3, -0.25) is 4.79 Å². The molecule has 0 saturated carbocycles. The number of amides is 1. The summed E-state index contributed by atoms with van der Waals surface area (Å²) in [6, 6.07) is 13.3. The van der Waals surface area contributed by atoms with Gasteiger partial charge in [-0.05, 0) is 36.8 Å². The second kappa shape index (κ2) is 7.53. The lowest BCUT2D eigenvalue weighted by atomic mass is 10.1. The first-order valence-electron chi connectivity index (χ1n) is 8.04. The molecule has 0 fully saturated rings. The Labute approximate surface area is 150 Å². The number of hydrogen-bond donors (Lipinski definition) is 0. The topological polar surface area (TPSA) is 52.8 Å². The third kappa shape index (κ3) is 3.74. The van der Waals surface area contributed by atoms with Gasteiger partial charge in [0, 0.05) is 7.05 Å². The number of carbonyl (C=O) groups excluding carboxylic acids is 1. The smallest absolute Gasteiger partial charge is 0.252 e. The van der Waals surface area contributed by atoms with Crippen LogP contribution in [0.3, 0.4) is 0 Å². The van der Waals surface area contributed by atoms with Crippen LogP contribution in [0.2, 0.25) is 0 Å². The number of rotatable bonds is 5. The minimum absolute atomic E-state index is 0.176. The minimum Gasteiger partial charge on any atom is -0.497 e. The molecule has 25 heavy (non-hydrogen) atoms. The number of methoxy groups -OCH3 is 1. The summed E-state index contributed by atoms with van der Waals surface area (Å²) >= 11 is 1.48. The lowest BCUT2D eigenvalue weighted by Crippen LogP contribution is -2.14. The van der Waals surface area contributed by atoms with Gasteiger partial charge in [-0.25, -0.2) is 0 Å². The molecule has 1 amide bonds. The van der Waals surface area contributed by atoms with Crippen molar-refractivity contribution in [3.8, 4) is 11.5 Å². The Morgan fingerprint density at radius 1 is 1.20 bits per heavy atom. The van der Waals surface area contributed by atoms with Crippen LogP contribution in [-0.4, -0.2) is 24.2 Å². The molecule has 0 aliphatic rings. The van der Waals surface area contributed by atoms with Crippen LogP contribution in [0.5, 0.6) is 11.5 Å². The van der Waals surface area contributed by atoms with Crippen molar-refractivity contribution in [1.82, 2.24) is 4.57 Å². The third-order valence-electron chi connectivity index (χ3n) is 3.82. The highest BCUT2D eigenvalue weighted by Crippen LogP contribution is 2.26. The molecule has 0 aliphatic heterocycles. The number of hydrogen-bond acceptors (Lipinski definition) is 4. The number of aryl methyl sites for hydroxylation is 1. The van der Waals surface area contributed by atoms with Crippen LogP contribution in [-0.2, 0) is 18.3 Å². The predicted molar refractivity (Wildman–Crippen MR) is 99.2 cm³/mol. The van der Waals surface area contributed by atoms with E-state index in [1.165, 1.54) is 11.3 Å². The van der Waals surface area contributed by atoms with Crippen LogP contribution >= 0.6 is 11.3 Å². The van der Waals surface area contributed by atoms with Crippen molar-refractivity contribution in [3.05, 3.63) is 52.8 Å². The zero-order chi connectivity index (χ0) is 17.8. The number of fused-ring (bicyclic) bond motifs is 1. The van der Waals surface area contributed by atoms with Crippen molar-refractivity contribution in [2.24, 2.45) is 12.0 Å².